The molecule has 2 aromatic rings. The SMILES string of the molecule is Cn1cccc1C=C1SC(=S)N(c2cccc(C(=O)O)c2)C1=O. The second-order valence-corrected chi connectivity index (χ2v) is 6.59. The molecular formula is C16H12N2O3S2. The lowest BCUT2D eigenvalue weighted by molar-refractivity contribution is -0.113. The molecule has 1 amide bonds. The van der Waals surface area contributed by atoms with Crippen molar-refractivity contribution in [1.82, 2.24) is 4.57 Å². The maximum absolute atomic E-state index is 12.6. The smallest absolute Gasteiger partial charge is 0.335 e. The summed E-state index contributed by atoms with van der Waals surface area (Å²) in [6.07, 6.45) is 3.67. The Morgan fingerprint density at radius 2 is 2.09 bits per heavy atom. The van der Waals surface area contributed by atoms with Gasteiger partial charge in [-0.2, -0.15) is 0 Å². The van der Waals surface area contributed by atoms with Crippen molar-refractivity contribution in [2.75, 3.05) is 4.90 Å². The first-order valence-electron chi connectivity index (χ1n) is 6.70. The Balaban J connectivity index is 1.96. The van der Waals surface area contributed by atoms with Crippen molar-refractivity contribution in [1.29, 1.82) is 0 Å². The number of carboxylic acids is 1. The summed E-state index contributed by atoms with van der Waals surface area (Å²) in [5, 5.41) is 9.08. The average molecular weight is 344 g/mol. The first-order valence-corrected chi connectivity index (χ1v) is 7.92. The van der Waals surface area contributed by atoms with Gasteiger partial charge >= 0.3 is 5.97 Å². The summed E-state index contributed by atoms with van der Waals surface area (Å²) in [6.45, 7) is 0. The van der Waals surface area contributed by atoms with E-state index in [1.807, 2.05) is 29.9 Å². The number of hydrogen-bond acceptors (Lipinski definition) is 4. The fraction of sp³-hybridized carbons (Fsp3) is 0.0625. The zero-order valence-corrected chi connectivity index (χ0v) is 13.7. The van der Waals surface area contributed by atoms with Gasteiger partial charge in [-0.1, -0.05) is 30.0 Å². The van der Waals surface area contributed by atoms with Crippen molar-refractivity contribution < 1.29 is 14.7 Å². The van der Waals surface area contributed by atoms with Crippen molar-refractivity contribution >= 4 is 51.9 Å². The molecule has 0 radical (unpaired) electrons. The number of nitrogens with zero attached hydrogens (tertiary/aromatic N) is 2. The van der Waals surface area contributed by atoms with E-state index in [2.05, 4.69) is 0 Å². The summed E-state index contributed by atoms with van der Waals surface area (Å²) >= 11 is 6.49. The highest BCUT2D eigenvalue weighted by Gasteiger charge is 2.33. The molecule has 1 N–H and O–H groups in total. The third-order valence-electron chi connectivity index (χ3n) is 3.41. The van der Waals surface area contributed by atoms with Gasteiger partial charge in [0.2, 0.25) is 0 Å². The minimum atomic E-state index is -1.04. The van der Waals surface area contributed by atoms with Crippen LogP contribution in [0.2, 0.25) is 0 Å². The number of hydrogen-bond donors (Lipinski definition) is 1. The van der Waals surface area contributed by atoms with Crippen molar-refractivity contribution in [2.24, 2.45) is 7.05 Å². The molecule has 0 atom stereocenters. The number of aromatic carboxylic acids is 1. The van der Waals surface area contributed by atoms with E-state index in [4.69, 9.17) is 17.3 Å². The molecule has 1 aromatic carbocycles. The first kappa shape index (κ1) is 15.5. The first-order chi connectivity index (χ1) is 11.0. The fourth-order valence-electron chi connectivity index (χ4n) is 2.23. The van der Waals surface area contributed by atoms with Gasteiger partial charge in [-0.15, -0.1) is 0 Å². The van der Waals surface area contributed by atoms with Gasteiger partial charge in [0.1, 0.15) is 0 Å². The Bertz CT molecular complexity index is 855. The molecule has 0 bridgehead atoms. The van der Waals surface area contributed by atoms with E-state index in [1.54, 1.807) is 18.2 Å². The number of thiocarbonyl (C=S) groups is 1. The molecule has 5 nitrogen and oxygen atoms in total. The van der Waals surface area contributed by atoms with Crippen molar-refractivity contribution in [3.8, 4) is 0 Å². The molecule has 2 heterocycles. The lowest BCUT2D eigenvalue weighted by Crippen LogP contribution is -2.27. The van der Waals surface area contributed by atoms with Crippen LogP contribution >= 0.6 is 24.0 Å². The maximum Gasteiger partial charge on any atom is 0.335 e. The van der Waals surface area contributed by atoms with E-state index >= 15 is 0 Å². The van der Waals surface area contributed by atoms with Gasteiger partial charge in [-0.25, -0.2) is 4.79 Å². The number of rotatable bonds is 3. The molecule has 1 aromatic heterocycles. The van der Waals surface area contributed by atoms with Crippen LogP contribution in [0.1, 0.15) is 16.1 Å². The predicted octanol–water partition coefficient (Wildman–Crippen LogP) is 3.13. The van der Waals surface area contributed by atoms with Crippen LogP contribution < -0.4 is 4.90 Å². The van der Waals surface area contributed by atoms with Gasteiger partial charge in [0.25, 0.3) is 5.91 Å². The topological polar surface area (TPSA) is 62.5 Å². The highest BCUT2D eigenvalue weighted by atomic mass is 32.2. The van der Waals surface area contributed by atoms with Crippen LogP contribution in [0.25, 0.3) is 6.08 Å². The Morgan fingerprint density at radius 3 is 2.74 bits per heavy atom. The van der Waals surface area contributed by atoms with Crippen molar-refractivity contribution in [2.45, 2.75) is 0 Å². The van der Waals surface area contributed by atoms with E-state index < -0.39 is 5.97 Å². The molecule has 116 valence electrons. The van der Waals surface area contributed by atoms with E-state index in [-0.39, 0.29) is 11.5 Å². The minimum absolute atomic E-state index is 0.114. The number of amides is 1. The molecule has 1 saturated heterocycles. The van der Waals surface area contributed by atoms with E-state index in [9.17, 15) is 9.59 Å². The van der Waals surface area contributed by atoms with Crippen LogP contribution in [-0.2, 0) is 11.8 Å². The number of carbonyl (C=O) groups is 2. The molecule has 7 heteroatoms. The molecule has 0 saturated carbocycles. The number of carboxylic acid groups (broad SMARTS) is 1. The van der Waals surface area contributed by atoms with Crippen LogP contribution in [0.15, 0.2) is 47.5 Å². The highest BCUT2D eigenvalue weighted by molar-refractivity contribution is 8.27. The van der Waals surface area contributed by atoms with Crippen LogP contribution in [0, 0.1) is 0 Å². The monoisotopic (exact) mass is 344 g/mol. The molecule has 3 rings (SSSR count). The van der Waals surface area contributed by atoms with E-state index in [0.717, 1.165) is 5.69 Å². The van der Waals surface area contributed by atoms with Gasteiger partial charge in [0.15, 0.2) is 4.32 Å². The van der Waals surface area contributed by atoms with Gasteiger partial charge < -0.3 is 9.67 Å². The number of aryl methyl sites for hydroxylation is 1. The largest absolute Gasteiger partial charge is 0.478 e. The van der Waals surface area contributed by atoms with Crippen LogP contribution in [0.5, 0.6) is 0 Å². The fourth-order valence-corrected chi connectivity index (χ4v) is 3.51. The number of anilines is 1. The lowest BCUT2D eigenvalue weighted by atomic mass is 10.2. The van der Waals surface area contributed by atoms with Crippen molar-refractivity contribution in [3.05, 3.63) is 58.8 Å². The van der Waals surface area contributed by atoms with Gasteiger partial charge in [-0.3, -0.25) is 9.69 Å². The summed E-state index contributed by atoms with van der Waals surface area (Å²) in [5.41, 5.74) is 1.47. The average Bonchev–Trinajstić information content (AvgIpc) is 3.03. The zero-order valence-electron chi connectivity index (χ0n) is 12.1. The molecular weight excluding hydrogens is 332 g/mol. The van der Waals surface area contributed by atoms with Gasteiger partial charge in [0.05, 0.1) is 16.2 Å². The number of aromatic nitrogens is 1. The quantitative estimate of drug-likeness (QED) is 0.685. The van der Waals surface area contributed by atoms with Gasteiger partial charge in [0, 0.05) is 18.9 Å². The Morgan fingerprint density at radius 1 is 1.30 bits per heavy atom. The van der Waals surface area contributed by atoms with Gasteiger partial charge in [-0.05, 0) is 36.4 Å². The summed E-state index contributed by atoms with van der Waals surface area (Å²) in [4.78, 5) is 25.6. The molecule has 0 aliphatic carbocycles. The maximum atomic E-state index is 12.6. The Kier molecular flexibility index (Phi) is 4.06. The summed E-state index contributed by atoms with van der Waals surface area (Å²) in [5.74, 6) is -1.29. The molecule has 1 aliphatic heterocycles. The summed E-state index contributed by atoms with van der Waals surface area (Å²) in [7, 11) is 1.89. The number of thioether (sulfide) groups is 1. The molecule has 23 heavy (non-hydrogen) atoms. The standard InChI is InChI=1S/C16H12N2O3S2/c1-17-7-3-6-11(17)9-13-14(19)18(16(22)23-13)12-5-2-4-10(8-12)15(20)21/h2-9H,1H3,(H,20,21). The third-order valence-corrected chi connectivity index (χ3v) is 4.71. The van der Waals surface area contributed by atoms with Crippen LogP contribution in [0.4, 0.5) is 5.69 Å². The highest BCUT2D eigenvalue weighted by Crippen LogP contribution is 2.36. The molecule has 0 spiro atoms. The zero-order chi connectivity index (χ0) is 16.6. The second kappa shape index (κ2) is 6.02. The molecule has 1 aliphatic rings. The summed E-state index contributed by atoms with van der Waals surface area (Å²) in [6, 6.07) is 9.98. The normalized spacial score (nSPS) is 16.4. The van der Waals surface area contributed by atoms with Crippen LogP contribution in [-0.4, -0.2) is 25.9 Å². The third kappa shape index (κ3) is 2.93. The minimum Gasteiger partial charge on any atom is -0.478 e. The Labute approximate surface area is 142 Å². The molecule has 0 unspecified atom stereocenters. The second-order valence-electron chi connectivity index (χ2n) is 4.92. The number of carbonyl (C=O) groups excluding carboxylic acids is 1. The number of benzene rings is 1. The van der Waals surface area contributed by atoms with Crippen LogP contribution in [0.3, 0.4) is 0 Å². The Hall–Kier alpha value is -2.38. The summed E-state index contributed by atoms with van der Waals surface area (Å²) < 4.78 is 2.29. The van der Waals surface area contributed by atoms with Crippen molar-refractivity contribution in [3.63, 3.8) is 0 Å². The van der Waals surface area contributed by atoms with E-state index in [1.165, 1.54) is 28.8 Å². The lowest BCUT2D eigenvalue weighted by Gasteiger charge is -2.14. The molecule has 1 fully saturated rings. The predicted molar refractivity (Wildman–Crippen MR) is 94.5 cm³/mol. The van der Waals surface area contributed by atoms with E-state index in [0.29, 0.717) is 14.9 Å².